The van der Waals surface area contributed by atoms with Gasteiger partial charge in [-0.3, -0.25) is 0 Å². The lowest BCUT2D eigenvalue weighted by molar-refractivity contribution is 0.483. The Hall–Kier alpha value is -7.36. The Morgan fingerprint density at radius 2 is 1.03 bits per heavy atom. The first-order valence-electron chi connectivity index (χ1n) is 22.6. The lowest BCUT2D eigenvalue weighted by Crippen LogP contribution is -2.58. The second kappa shape index (κ2) is 14.3. The number of benzene rings is 9. The Bertz CT molecular complexity index is 3510. The molecule has 0 fully saturated rings. The highest BCUT2D eigenvalue weighted by atomic mass is 16.5. The zero-order valence-corrected chi connectivity index (χ0v) is 37.3. The van der Waals surface area contributed by atoms with E-state index in [0.717, 1.165) is 11.5 Å². The monoisotopic (exact) mass is 821 g/mol. The number of aryl methyl sites for hydroxylation is 3. The summed E-state index contributed by atoms with van der Waals surface area (Å²) < 4.78 is 9.80. The Balaban J connectivity index is 1.21. The van der Waals surface area contributed by atoms with Gasteiger partial charge in [-0.05, 0) is 151 Å². The van der Waals surface area contributed by atoms with E-state index in [9.17, 15) is 0 Å². The maximum Gasteiger partial charge on any atom is 0.256 e. The van der Waals surface area contributed by atoms with Gasteiger partial charge in [-0.15, -0.1) is 0 Å². The second-order valence-electron chi connectivity index (χ2n) is 19.1. The Kier molecular flexibility index (Phi) is 8.59. The molecule has 2 nitrogen and oxygen atoms in total. The van der Waals surface area contributed by atoms with Crippen molar-refractivity contribution in [1.82, 2.24) is 4.57 Å². The summed E-state index contributed by atoms with van der Waals surface area (Å²) in [5, 5.41) is 2.49. The zero-order valence-electron chi connectivity index (χ0n) is 37.3. The van der Waals surface area contributed by atoms with Gasteiger partial charge in [-0.25, -0.2) is 0 Å². The molecule has 64 heavy (non-hydrogen) atoms. The number of rotatable bonds is 5. The van der Waals surface area contributed by atoms with Gasteiger partial charge in [0.15, 0.2) is 0 Å². The van der Waals surface area contributed by atoms with Crippen molar-refractivity contribution in [3.05, 3.63) is 204 Å². The molecule has 1 aromatic heterocycles. The first-order chi connectivity index (χ1) is 31.1. The van der Waals surface area contributed by atoms with Crippen molar-refractivity contribution < 1.29 is 4.74 Å². The third-order valence-corrected chi connectivity index (χ3v) is 13.9. The molecule has 2 aliphatic rings. The highest BCUT2D eigenvalue weighted by Crippen LogP contribution is 2.45. The predicted octanol–water partition coefficient (Wildman–Crippen LogP) is 14.3. The van der Waals surface area contributed by atoms with Gasteiger partial charge in [0.05, 0.1) is 5.52 Å². The highest BCUT2D eigenvalue weighted by Gasteiger charge is 2.42. The van der Waals surface area contributed by atoms with Crippen molar-refractivity contribution in [2.45, 2.75) is 47.0 Å². The van der Waals surface area contributed by atoms with E-state index in [4.69, 9.17) is 4.74 Å². The summed E-state index contributed by atoms with van der Waals surface area (Å²) in [5.74, 6) is 1.87. The van der Waals surface area contributed by atoms with E-state index in [-0.39, 0.29) is 12.1 Å². The van der Waals surface area contributed by atoms with Gasteiger partial charge in [-0.1, -0.05) is 172 Å². The molecule has 0 N–H and O–H groups in total. The molecule has 3 heterocycles. The molecule has 12 rings (SSSR count). The maximum atomic E-state index is 7.24. The van der Waals surface area contributed by atoms with Crippen LogP contribution in [-0.4, -0.2) is 11.3 Å². The molecule has 2 aliphatic heterocycles. The number of ether oxygens (including phenoxy) is 1. The van der Waals surface area contributed by atoms with E-state index in [1.54, 1.807) is 0 Å². The molecule has 0 radical (unpaired) electrons. The van der Waals surface area contributed by atoms with Crippen LogP contribution in [0, 0.1) is 20.8 Å². The summed E-state index contributed by atoms with van der Waals surface area (Å²) in [4.78, 5) is 0. The topological polar surface area (TPSA) is 14.2 Å². The normalized spacial score (nSPS) is 12.6. The molecule has 0 saturated carbocycles. The fraction of sp³-hybridized carbons (Fsp3) is 0.115. The van der Waals surface area contributed by atoms with Crippen molar-refractivity contribution in [2.24, 2.45) is 0 Å². The van der Waals surface area contributed by atoms with Crippen molar-refractivity contribution in [2.75, 3.05) is 0 Å². The lowest BCUT2D eigenvalue weighted by Gasteiger charge is -2.35. The Labute approximate surface area is 376 Å². The van der Waals surface area contributed by atoms with Crippen LogP contribution in [0.2, 0.25) is 0 Å². The van der Waals surface area contributed by atoms with Crippen LogP contribution in [0.3, 0.4) is 0 Å². The first-order valence-corrected chi connectivity index (χ1v) is 22.6. The molecule has 9 aromatic carbocycles. The van der Waals surface area contributed by atoms with Crippen molar-refractivity contribution in [1.29, 1.82) is 0 Å². The molecular weight excluding hydrogens is 773 g/mol. The molecule has 3 heteroatoms. The molecule has 0 unspecified atom stereocenters. The molecule has 0 amide bonds. The van der Waals surface area contributed by atoms with Crippen molar-refractivity contribution in [3.8, 4) is 72.8 Å². The lowest BCUT2D eigenvalue weighted by atomic mass is 9.34. The summed E-state index contributed by atoms with van der Waals surface area (Å²) in [7, 11) is 0. The van der Waals surface area contributed by atoms with Gasteiger partial charge in [0, 0.05) is 22.0 Å². The third-order valence-electron chi connectivity index (χ3n) is 13.9. The summed E-state index contributed by atoms with van der Waals surface area (Å²) >= 11 is 0. The van der Waals surface area contributed by atoms with Gasteiger partial charge in [0.1, 0.15) is 11.5 Å². The molecule has 0 spiro atoms. The summed E-state index contributed by atoms with van der Waals surface area (Å²) in [6.07, 6.45) is 0. The van der Waals surface area contributed by atoms with Gasteiger partial charge in [-0.2, -0.15) is 0 Å². The van der Waals surface area contributed by atoms with Crippen LogP contribution in [0.1, 0.15) is 43.0 Å². The van der Waals surface area contributed by atoms with Gasteiger partial charge >= 0.3 is 0 Å². The van der Waals surface area contributed by atoms with E-state index in [0.29, 0.717) is 0 Å². The predicted molar refractivity (Wildman–Crippen MR) is 272 cm³/mol. The smallest absolute Gasteiger partial charge is 0.256 e. The Morgan fingerprint density at radius 3 is 1.66 bits per heavy atom. The average molecular weight is 822 g/mol. The molecule has 0 saturated heterocycles. The number of aromatic nitrogens is 1. The molecular formula is C61H48BNO. The highest BCUT2D eigenvalue weighted by molar-refractivity contribution is 6.99. The number of hydrogen-bond acceptors (Lipinski definition) is 1. The molecule has 0 aliphatic carbocycles. The van der Waals surface area contributed by atoms with Crippen LogP contribution in [0.15, 0.2) is 182 Å². The maximum absolute atomic E-state index is 7.24. The first kappa shape index (κ1) is 38.3. The van der Waals surface area contributed by atoms with Crippen LogP contribution in [-0.2, 0) is 5.41 Å². The fourth-order valence-electron chi connectivity index (χ4n) is 11.1. The van der Waals surface area contributed by atoms with Crippen molar-refractivity contribution in [3.63, 3.8) is 0 Å². The number of nitrogens with zero attached hydrogens (tertiary/aromatic N) is 1. The van der Waals surface area contributed by atoms with Gasteiger partial charge < -0.3 is 9.30 Å². The number of fused-ring (bicyclic) bond motifs is 7. The molecule has 306 valence electrons. The summed E-state index contributed by atoms with van der Waals surface area (Å²) in [6.45, 7) is 13.5. The summed E-state index contributed by atoms with van der Waals surface area (Å²) in [5.41, 5.74) is 24.6. The van der Waals surface area contributed by atoms with Crippen LogP contribution in [0.25, 0.3) is 83.1 Å². The fourth-order valence-corrected chi connectivity index (χ4v) is 11.1. The molecule has 0 atom stereocenters. The van der Waals surface area contributed by atoms with E-state index >= 15 is 0 Å². The van der Waals surface area contributed by atoms with Crippen LogP contribution in [0.5, 0.6) is 11.5 Å². The molecule has 10 aromatic rings. The van der Waals surface area contributed by atoms with Gasteiger partial charge in [0.2, 0.25) is 0 Å². The largest absolute Gasteiger partial charge is 0.458 e. The minimum Gasteiger partial charge on any atom is -0.458 e. The summed E-state index contributed by atoms with van der Waals surface area (Å²) in [6, 6.07) is 67.8. The average Bonchev–Trinajstić information content (AvgIpc) is 3.64. The van der Waals surface area contributed by atoms with Crippen LogP contribution in [0.4, 0.5) is 0 Å². The van der Waals surface area contributed by atoms with E-state index < -0.39 is 0 Å². The standard InChI is InChI=1S/C61H48BNO/c1-37-29-38(2)58(39(3)30-37)44-34-55-59-57(35-44)64-56-36-45(61(4,5)6)26-27-52(56)62(59)53-33-43(49-24-16-14-22-47(49)41-19-11-8-12-20-41)32-51-50-31-42(25-28-54(50)63(55)60(51)53)48-23-15-13-21-46(48)40-17-9-7-10-18-40/h7-36H,1-6H3. The second-order valence-corrected chi connectivity index (χ2v) is 19.1. The van der Waals surface area contributed by atoms with Crippen molar-refractivity contribution >= 4 is 44.9 Å². The number of hydrogen-bond donors (Lipinski definition) is 0. The Morgan fingerprint density at radius 1 is 0.453 bits per heavy atom. The zero-order chi connectivity index (χ0) is 43.4. The van der Waals surface area contributed by atoms with E-state index in [1.807, 2.05) is 0 Å². The van der Waals surface area contributed by atoms with E-state index in [2.05, 4.69) is 228 Å². The van der Waals surface area contributed by atoms with Crippen LogP contribution < -0.4 is 21.1 Å². The minimum atomic E-state index is -0.0431. The van der Waals surface area contributed by atoms with Gasteiger partial charge in [0.25, 0.3) is 6.71 Å². The SMILES string of the molecule is Cc1cc(C)c(-c2cc3c4c(c2)-n2c5ccc(-c6ccccc6-c6ccccc6)cc5c5cc(-c6ccccc6-c6ccccc6)cc(c52)B4c2ccc(C(C)(C)C)cc2O3)c(C)c1. The third kappa shape index (κ3) is 5.94. The van der Waals surface area contributed by atoms with E-state index in [1.165, 1.54) is 122 Å². The minimum absolute atomic E-state index is 0.0358. The molecule has 0 bridgehead atoms. The van der Waals surface area contributed by atoms with Crippen LogP contribution >= 0.6 is 0 Å². The quantitative estimate of drug-likeness (QED) is 0.158.